The SMILES string of the molecule is Cc1cccc(C=NNC(=O)CNS(=O)(=O)c2c(C)cc(C)cc2C)c1. The van der Waals surface area contributed by atoms with Crippen molar-refractivity contribution in [3.05, 3.63) is 64.2 Å². The van der Waals surface area contributed by atoms with Crippen molar-refractivity contribution in [2.45, 2.75) is 32.6 Å². The molecular weight excluding hydrogens is 350 g/mol. The van der Waals surface area contributed by atoms with Gasteiger partial charge in [-0.15, -0.1) is 0 Å². The number of carbonyl (C=O) groups excluding carboxylic acids is 1. The van der Waals surface area contributed by atoms with Gasteiger partial charge in [0, 0.05) is 0 Å². The molecule has 0 aliphatic heterocycles. The molecule has 6 nitrogen and oxygen atoms in total. The lowest BCUT2D eigenvalue weighted by Gasteiger charge is -2.12. The number of hydrazone groups is 1. The number of hydrogen-bond acceptors (Lipinski definition) is 4. The molecule has 0 aliphatic rings. The van der Waals surface area contributed by atoms with E-state index in [0.717, 1.165) is 16.7 Å². The molecule has 0 heterocycles. The third kappa shape index (κ3) is 5.24. The predicted octanol–water partition coefficient (Wildman–Crippen LogP) is 2.35. The van der Waals surface area contributed by atoms with Gasteiger partial charge >= 0.3 is 0 Å². The van der Waals surface area contributed by atoms with Gasteiger partial charge in [-0.05, 0) is 44.4 Å². The van der Waals surface area contributed by atoms with E-state index in [4.69, 9.17) is 0 Å². The quantitative estimate of drug-likeness (QED) is 0.602. The van der Waals surface area contributed by atoms with Crippen molar-refractivity contribution in [1.82, 2.24) is 10.1 Å². The van der Waals surface area contributed by atoms with E-state index >= 15 is 0 Å². The molecule has 2 rings (SSSR count). The summed E-state index contributed by atoms with van der Waals surface area (Å²) in [5, 5.41) is 3.84. The molecule has 26 heavy (non-hydrogen) atoms. The van der Waals surface area contributed by atoms with E-state index in [9.17, 15) is 13.2 Å². The van der Waals surface area contributed by atoms with Crippen LogP contribution in [0.3, 0.4) is 0 Å². The number of nitrogens with one attached hydrogen (secondary N) is 2. The number of sulfonamides is 1. The Morgan fingerprint density at radius 1 is 1.04 bits per heavy atom. The first-order valence-electron chi connectivity index (χ1n) is 8.15. The summed E-state index contributed by atoms with van der Waals surface area (Å²) in [7, 11) is -3.78. The number of rotatable bonds is 6. The summed E-state index contributed by atoms with van der Waals surface area (Å²) >= 11 is 0. The van der Waals surface area contributed by atoms with E-state index in [0.29, 0.717) is 11.1 Å². The zero-order chi connectivity index (χ0) is 19.3. The van der Waals surface area contributed by atoms with Crippen molar-refractivity contribution in [3.8, 4) is 0 Å². The molecular formula is C19H23N3O3S. The minimum atomic E-state index is -3.78. The number of benzene rings is 2. The highest BCUT2D eigenvalue weighted by Crippen LogP contribution is 2.21. The molecule has 0 unspecified atom stereocenters. The van der Waals surface area contributed by atoms with Gasteiger partial charge in [-0.2, -0.15) is 5.10 Å². The van der Waals surface area contributed by atoms with E-state index in [1.165, 1.54) is 6.21 Å². The lowest BCUT2D eigenvalue weighted by Crippen LogP contribution is -2.35. The van der Waals surface area contributed by atoms with Gasteiger partial charge in [0.2, 0.25) is 10.0 Å². The first-order valence-corrected chi connectivity index (χ1v) is 9.63. The summed E-state index contributed by atoms with van der Waals surface area (Å²) in [5.41, 5.74) is 6.52. The average Bonchev–Trinajstić information content (AvgIpc) is 2.52. The van der Waals surface area contributed by atoms with Crippen LogP contribution in [0.25, 0.3) is 0 Å². The second-order valence-electron chi connectivity index (χ2n) is 6.26. The molecule has 0 bridgehead atoms. The third-order valence-electron chi connectivity index (χ3n) is 3.74. The minimum absolute atomic E-state index is 0.208. The topological polar surface area (TPSA) is 87.6 Å². The molecule has 0 atom stereocenters. The van der Waals surface area contributed by atoms with E-state index in [1.54, 1.807) is 26.0 Å². The van der Waals surface area contributed by atoms with Gasteiger partial charge < -0.3 is 0 Å². The summed E-state index contributed by atoms with van der Waals surface area (Å²) in [6.45, 7) is 6.95. The molecule has 1 amide bonds. The number of aryl methyl sites for hydroxylation is 4. The fourth-order valence-corrected chi connectivity index (χ4v) is 4.22. The second kappa shape index (κ2) is 8.25. The summed E-state index contributed by atoms with van der Waals surface area (Å²) in [5.74, 6) is -0.542. The van der Waals surface area contributed by atoms with Crippen molar-refractivity contribution in [1.29, 1.82) is 0 Å². The van der Waals surface area contributed by atoms with Crippen LogP contribution in [-0.2, 0) is 14.8 Å². The highest BCUT2D eigenvalue weighted by molar-refractivity contribution is 7.89. The van der Waals surface area contributed by atoms with E-state index in [2.05, 4.69) is 15.2 Å². The molecule has 2 N–H and O–H groups in total. The molecule has 0 radical (unpaired) electrons. The van der Waals surface area contributed by atoms with Crippen LogP contribution in [0.1, 0.15) is 27.8 Å². The summed E-state index contributed by atoms with van der Waals surface area (Å²) in [4.78, 5) is 12.1. The molecule has 2 aromatic rings. The average molecular weight is 373 g/mol. The predicted molar refractivity (Wildman–Crippen MR) is 103 cm³/mol. The Hall–Kier alpha value is -2.51. The Balaban J connectivity index is 1.98. The van der Waals surface area contributed by atoms with Crippen LogP contribution in [0, 0.1) is 27.7 Å². The maximum absolute atomic E-state index is 12.5. The first kappa shape index (κ1) is 19.8. The molecule has 0 saturated carbocycles. The van der Waals surface area contributed by atoms with Gasteiger partial charge in [-0.3, -0.25) is 4.79 Å². The molecule has 2 aromatic carbocycles. The van der Waals surface area contributed by atoms with Gasteiger partial charge in [0.25, 0.3) is 5.91 Å². The van der Waals surface area contributed by atoms with Crippen molar-refractivity contribution < 1.29 is 13.2 Å². The Labute approximate surface area is 154 Å². The van der Waals surface area contributed by atoms with Crippen LogP contribution in [0.5, 0.6) is 0 Å². The lowest BCUT2D eigenvalue weighted by molar-refractivity contribution is -0.119. The Morgan fingerprint density at radius 3 is 2.31 bits per heavy atom. The van der Waals surface area contributed by atoms with Gasteiger partial charge in [0.05, 0.1) is 17.7 Å². The van der Waals surface area contributed by atoms with Crippen molar-refractivity contribution >= 4 is 22.1 Å². The van der Waals surface area contributed by atoms with Crippen LogP contribution in [0.4, 0.5) is 0 Å². The number of carbonyl (C=O) groups is 1. The van der Waals surface area contributed by atoms with Crippen LogP contribution in [-0.4, -0.2) is 27.1 Å². The maximum atomic E-state index is 12.5. The van der Waals surface area contributed by atoms with Crippen LogP contribution in [0.15, 0.2) is 46.4 Å². The fraction of sp³-hybridized carbons (Fsp3) is 0.263. The van der Waals surface area contributed by atoms with E-state index in [-0.39, 0.29) is 11.4 Å². The Bertz CT molecular complexity index is 927. The lowest BCUT2D eigenvalue weighted by atomic mass is 10.1. The molecule has 0 aliphatic carbocycles. The minimum Gasteiger partial charge on any atom is -0.272 e. The highest BCUT2D eigenvalue weighted by Gasteiger charge is 2.20. The van der Waals surface area contributed by atoms with Gasteiger partial charge in [0.15, 0.2) is 0 Å². The van der Waals surface area contributed by atoms with Crippen molar-refractivity contribution in [2.24, 2.45) is 5.10 Å². The zero-order valence-electron chi connectivity index (χ0n) is 15.3. The number of hydrogen-bond donors (Lipinski definition) is 2. The third-order valence-corrected chi connectivity index (χ3v) is 5.45. The highest BCUT2D eigenvalue weighted by atomic mass is 32.2. The van der Waals surface area contributed by atoms with Crippen LogP contribution >= 0.6 is 0 Å². The first-order chi connectivity index (χ1) is 12.2. The Morgan fingerprint density at radius 2 is 1.69 bits per heavy atom. The molecule has 0 aromatic heterocycles. The zero-order valence-corrected chi connectivity index (χ0v) is 16.1. The molecule has 0 saturated heterocycles. The maximum Gasteiger partial charge on any atom is 0.255 e. The standard InChI is InChI=1S/C19H23N3O3S/c1-13-6-5-7-17(10-13)11-20-22-18(23)12-21-26(24,25)19-15(3)8-14(2)9-16(19)4/h5-11,21H,12H2,1-4H3,(H,22,23). The van der Waals surface area contributed by atoms with E-state index < -0.39 is 15.9 Å². The molecule has 7 heteroatoms. The second-order valence-corrected chi connectivity index (χ2v) is 7.96. The molecule has 0 fully saturated rings. The van der Waals surface area contributed by atoms with Gasteiger partial charge in [0.1, 0.15) is 0 Å². The normalized spacial score (nSPS) is 11.7. The molecule has 0 spiro atoms. The van der Waals surface area contributed by atoms with Crippen LogP contribution in [0.2, 0.25) is 0 Å². The summed E-state index contributed by atoms with van der Waals surface area (Å²) in [6, 6.07) is 11.2. The molecule has 138 valence electrons. The summed E-state index contributed by atoms with van der Waals surface area (Å²) in [6.07, 6.45) is 1.51. The van der Waals surface area contributed by atoms with Crippen LogP contribution < -0.4 is 10.1 Å². The smallest absolute Gasteiger partial charge is 0.255 e. The number of amides is 1. The van der Waals surface area contributed by atoms with Gasteiger partial charge in [-0.1, -0.05) is 47.5 Å². The van der Waals surface area contributed by atoms with E-state index in [1.807, 2.05) is 38.1 Å². The fourth-order valence-electron chi connectivity index (χ4n) is 2.79. The monoisotopic (exact) mass is 373 g/mol. The Kier molecular flexibility index (Phi) is 6.28. The number of nitrogens with zero attached hydrogens (tertiary/aromatic N) is 1. The van der Waals surface area contributed by atoms with Crippen molar-refractivity contribution in [3.63, 3.8) is 0 Å². The van der Waals surface area contributed by atoms with Crippen molar-refractivity contribution in [2.75, 3.05) is 6.54 Å². The largest absolute Gasteiger partial charge is 0.272 e. The summed E-state index contributed by atoms with van der Waals surface area (Å²) < 4.78 is 27.3. The van der Waals surface area contributed by atoms with Gasteiger partial charge in [-0.25, -0.2) is 18.6 Å².